The zero-order valence-corrected chi connectivity index (χ0v) is 13.4. The summed E-state index contributed by atoms with van der Waals surface area (Å²) < 4.78 is 0. The molecule has 0 heterocycles. The average Bonchev–Trinajstić information content (AvgIpc) is 2.16. The van der Waals surface area contributed by atoms with Crippen LogP contribution in [0.1, 0.15) is 60.8 Å². The van der Waals surface area contributed by atoms with Crippen LogP contribution in [-0.4, -0.2) is 6.71 Å². The summed E-state index contributed by atoms with van der Waals surface area (Å²) in [5.41, 5.74) is 0. The fourth-order valence-electron chi connectivity index (χ4n) is 2.50. The first-order valence-electron chi connectivity index (χ1n) is 6.08. The van der Waals surface area contributed by atoms with Gasteiger partial charge < -0.3 is 0 Å². The van der Waals surface area contributed by atoms with Crippen molar-refractivity contribution in [1.82, 2.24) is 0 Å². The second-order valence-electron chi connectivity index (χ2n) is 4.73. The molecule has 0 amide bonds. The molecule has 0 aliphatic rings. The second-order valence-corrected chi connectivity index (χ2v) is 4.73. The van der Waals surface area contributed by atoms with Crippen LogP contribution in [0, 0.1) is 0 Å². The van der Waals surface area contributed by atoms with Crippen LogP contribution < -0.4 is 29.6 Å². The molecule has 0 spiro atoms. The maximum Gasteiger partial charge on any atom is 1.00 e. The van der Waals surface area contributed by atoms with E-state index in [0.717, 1.165) is 24.2 Å². The van der Waals surface area contributed by atoms with E-state index >= 15 is 0 Å². The Morgan fingerprint density at radius 2 is 0.929 bits per heavy atom. The third-order valence-corrected chi connectivity index (χ3v) is 3.90. The number of hydrogen-bond donors (Lipinski definition) is 0. The minimum Gasteiger partial charge on any atom is -0.200 e. The van der Waals surface area contributed by atoms with Gasteiger partial charge in [0, 0.05) is 0 Å². The van der Waals surface area contributed by atoms with Crippen molar-refractivity contribution in [3.05, 3.63) is 0 Å². The minimum absolute atomic E-state index is 0. The van der Waals surface area contributed by atoms with E-state index in [-0.39, 0.29) is 29.6 Å². The van der Waals surface area contributed by atoms with Gasteiger partial charge in [-0.25, -0.2) is 0 Å². The molecule has 0 aromatic carbocycles. The fraction of sp³-hybridized carbons (Fsp3) is 1.00. The predicted molar refractivity (Wildman–Crippen MR) is 64.9 cm³/mol. The van der Waals surface area contributed by atoms with Crippen LogP contribution >= 0.6 is 0 Å². The monoisotopic (exact) mass is 205 g/mol. The Hall–Kier alpha value is 1.06. The molecule has 0 saturated carbocycles. The first kappa shape index (κ1) is 17.5. The van der Waals surface area contributed by atoms with Crippen LogP contribution in [0.2, 0.25) is 17.5 Å². The van der Waals surface area contributed by atoms with Crippen molar-refractivity contribution in [2.45, 2.75) is 78.3 Å². The van der Waals surface area contributed by atoms with Gasteiger partial charge in [0.15, 0.2) is 0 Å². The Kier molecular flexibility index (Phi) is 11.6. The van der Waals surface area contributed by atoms with E-state index in [0.29, 0.717) is 0 Å². The van der Waals surface area contributed by atoms with Gasteiger partial charge in [-0.1, -0.05) is 60.8 Å². The molecule has 2 heteroatoms. The smallest absolute Gasteiger partial charge is 0.200 e. The summed E-state index contributed by atoms with van der Waals surface area (Å²) in [4.78, 5) is 0. The van der Waals surface area contributed by atoms with Crippen molar-refractivity contribution < 1.29 is 29.6 Å². The summed E-state index contributed by atoms with van der Waals surface area (Å²) in [6, 6.07) is 0. The van der Waals surface area contributed by atoms with Crippen molar-refractivity contribution >= 4 is 6.71 Å². The van der Waals surface area contributed by atoms with Crippen molar-refractivity contribution in [3.63, 3.8) is 0 Å². The van der Waals surface area contributed by atoms with Gasteiger partial charge >= 0.3 is 29.6 Å². The van der Waals surface area contributed by atoms with Crippen molar-refractivity contribution in [2.24, 2.45) is 0 Å². The second kappa shape index (κ2) is 9.30. The molecule has 0 nitrogen and oxygen atoms in total. The molecular formula is C12H27BNa. The molecule has 3 unspecified atom stereocenters. The molecule has 0 saturated heterocycles. The quantitative estimate of drug-likeness (QED) is 0.581. The van der Waals surface area contributed by atoms with Gasteiger partial charge in [-0.2, -0.15) is 17.5 Å². The van der Waals surface area contributed by atoms with Crippen molar-refractivity contribution in [3.8, 4) is 0 Å². The molecule has 0 N–H and O–H groups in total. The van der Waals surface area contributed by atoms with Gasteiger partial charge in [0.1, 0.15) is 0 Å². The first-order valence-corrected chi connectivity index (χ1v) is 6.08. The molecule has 0 aromatic rings. The summed E-state index contributed by atoms with van der Waals surface area (Å²) in [7, 11) is 0. The van der Waals surface area contributed by atoms with Crippen LogP contribution in [0.4, 0.5) is 0 Å². The van der Waals surface area contributed by atoms with Gasteiger partial charge in [-0.15, -0.1) is 6.71 Å². The standard InChI is InChI=1S/C12H27B.Na/c1-7-10(4)13(11(5)8-2)12(6)9-3;/h10-12H,7-9H2,1-6H3;/q-1;+1. The minimum atomic E-state index is 0. The van der Waals surface area contributed by atoms with E-state index in [9.17, 15) is 0 Å². The summed E-state index contributed by atoms with van der Waals surface area (Å²) >= 11 is 0. The largest absolute Gasteiger partial charge is 1.00 e. The molecule has 14 heavy (non-hydrogen) atoms. The molecule has 0 rings (SSSR count). The Bertz CT molecular complexity index is 104. The van der Waals surface area contributed by atoms with Gasteiger partial charge in [-0.3, -0.25) is 0 Å². The Morgan fingerprint density at radius 1 is 0.714 bits per heavy atom. The Morgan fingerprint density at radius 3 is 1.07 bits per heavy atom. The molecule has 0 aliphatic carbocycles. The van der Waals surface area contributed by atoms with E-state index in [4.69, 9.17) is 0 Å². The van der Waals surface area contributed by atoms with Gasteiger partial charge in [0.05, 0.1) is 0 Å². The molecule has 0 aromatic heterocycles. The third-order valence-electron chi connectivity index (χ3n) is 3.90. The number of hydrogen-bond acceptors (Lipinski definition) is 0. The van der Waals surface area contributed by atoms with Gasteiger partial charge in [0.25, 0.3) is 0 Å². The normalized spacial score (nSPS) is 17.4. The zero-order chi connectivity index (χ0) is 10.4. The average molecular weight is 205 g/mol. The SMILES string of the molecule is CCC(C)[B-](C(C)CC)C(C)CC.[Na+]. The maximum absolute atomic E-state index is 2.42. The van der Waals surface area contributed by atoms with Crippen LogP contribution in [0.25, 0.3) is 0 Å². The fourth-order valence-corrected chi connectivity index (χ4v) is 2.50. The molecular weight excluding hydrogens is 178 g/mol. The Balaban J connectivity index is 0. The van der Waals surface area contributed by atoms with E-state index in [1.54, 1.807) is 0 Å². The summed E-state index contributed by atoms with van der Waals surface area (Å²) in [5, 5.41) is 0. The Labute approximate surface area is 114 Å². The van der Waals surface area contributed by atoms with Gasteiger partial charge in [-0.05, 0) is 0 Å². The molecule has 79 valence electrons. The van der Waals surface area contributed by atoms with Gasteiger partial charge in [0.2, 0.25) is 0 Å². The van der Waals surface area contributed by atoms with Crippen LogP contribution in [0.3, 0.4) is 0 Å². The molecule has 3 atom stereocenters. The predicted octanol–water partition coefficient (Wildman–Crippen LogP) is 1.89. The number of rotatable bonds is 6. The summed E-state index contributed by atoms with van der Waals surface area (Å²) in [5.74, 6) is 2.68. The summed E-state index contributed by atoms with van der Waals surface area (Å²) in [6.07, 6.45) is 4.00. The third kappa shape index (κ3) is 5.23. The molecule has 1 radical (unpaired) electrons. The van der Waals surface area contributed by atoms with E-state index < -0.39 is 0 Å². The van der Waals surface area contributed by atoms with Crippen LogP contribution in [0.5, 0.6) is 0 Å². The van der Waals surface area contributed by atoms with Crippen LogP contribution in [0.15, 0.2) is 0 Å². The van der Waals surface area contributed by atoms with E-state index in [2.05, 4.69) is 41.5 Å². The summed E-state index contributed by atoms with van der Waals surface area (Å²) in [6.45, 7) is 15.2. The first-order chi connectivity index (χ1) is 6.08. The molecule has 0 aliphatic heterocycles. The van der Waals surface area contributed by atoms with E-state index in [1.165, 1.54) is 19.3 Å². The topological polar surface area (TPSA) is 0 Å². The maximum atomic E-state index is 2.42. The van der Waals surface area contributed by atoms with Crippen molar-refractivity contribution in [1.29, 1.82) is 0 Å². The van der Waals surface area contributed by atoms with Crippen molar-refractivity contribution in [2.75, 3.05) is 0 Å². The molecule has 0 bridgehead atoms. The van der Waals surface area contributed by atoms with Crippen LogP contribution in [-0.2, 0) is 0 Å². The molecule has 0 fully saturated rings. The van der Waals surface area contributed by atoms with E-state index in [1.807, 2.05) is 0 Å². The zero-order valence-electron chi connectivity index (χ0n) is 11.4.